The zero-order valence-corrected chi connectivity index (χ0v) is 19.8. The maximum absolute atomic E-state index is 13.4. The second kappa shape index (κ2) is 11.2. The maximum Gasteiger partial charge on any atom is 0.243 e. The molecule has 3 rings (SSSR count). The summed E-state index contributed by atoms with van der Waals surface area (Å²) in [7, 11) is 0. The lowest BCUT2D eigenvalue weighted by Crippen LogP contribution is -2.51. The Bertz CT molecular complexity index is 929. The summed E-state index contributed by atoms with van der Waals surface area (Å²) in [6.45, 7) is 2.17. The zero-order chi connectivity index (χ0) is 22.4. The summed E-state index contributed by atoms with van der Waals surface area (Å²) in [5.74, 6) is -0.297. The van der Waals surface area contributed by atoms with E-state index in [4.69, 9.17) is 34.8 Å². The summed E-state index contributed by atoms with van der Waals surface area (Å²) in [6.07, 6.45) is 4.80. The standard InChI is InChI=1S/C24H27Cl3N2O2/c1-2-22(24(31)28-19-8-4-5-9-19)29(15-17-7-3-6-10-20(17)26)23(30)13-16-11-12-18(25)14-21(16)27/h3,6-7,10-12,14,19,22H,2,4-5,8-9,13,15H2,1H3,(H,28,31)/t22-/m1/s1. The maximum atomic E-state index is 13.4. The fourth-order valence-corrected chi connectivity index (χ4v) is 4.70. The Balaban J connectivity index is 1.85. The first-order valence-corrected chi connectivity index (χ1v) is 11.8. The van der Waals surface area contributed by atoms with Crippen LogP contribution in [0.2, 0.25) is 15.1 Å². The van der Waals surface area contributed by atoms with E-state index in [1.807, 2.05) is 25.1 Å². The van der Waals surface area contributed by atoms with Crippen molar-refractivity contribution >= 4 is 46.6 Å². The number of hydrogen-bond acceptors (Lipinski definition) is 2. The molecule has 2 aromatic rings. The smallest absolute Gasteiger partial charge is 0.243 e. The summed E-state index contributed by atoms with van der Waals surface area (Å²) < 4.78 is 0. The summed E-state index contributed by atoms with van der Waals surface area (Å²) in [5, 5.41) is 4.65. The fourth-order valence-electron chi connectivity index (χ4n) is 4.03. The molecular weight excluding hydrogens is 455 g/mol. The zero-order valence-electron chi connectivity index (χ0n) is 17.5. The number of benzene rings is 2. The number of rotatable bonds is 8. The van der Waals surface area contributed by atoms with Gasteiger partial charge in [-0.05, 0) is 48.6 Å². The van der Waals surface area contributed by atoms with E-state index in [0.717, 1.165) is 31.2 Å². The molecular formula is C24H27Cl3N2O2. The van der Waals surface area contributed by atoms with Gasteiger partial charge < -0.3 is 10.2 Å². The first-order chi connectivity index (χ1) is 14.9. The third-order valence-corrected chi connectivity index (χ3v) is 6.70. The van der Waals surface area contributed by atoms with Crippen LogP contribution in [-0.4, -0.2) is 28.8 Å². The van der Waals surface area contributed by atoms with Crippen LogP contribution in [0.5, 0.6) is 0 Å². The summed E-state index contributed by atoms with van der Waals surface area (Å²) in [4.78, 5) is 28.2. The van der Waals surface area contributed by atoms with Crippen molar-refractivity contribution in [1.29, 1.82) is 0 Å². The molecule has 0 aromatic heterocycles. The van der Waals surface area contributed by atoms with Crippen LogP contribution in [0.25, 0.3) is 0 Å². The summed E-state index contributed by atoms with van der Waals surface area (Å²) in [5.41, 5.74) is 1.47. The highest BCUT2D eigenvalue weighted by atomic mass is 35.5. The van der Waals surface area contributed by atoms with Gasteiger partial charge in [-0.2, -0.15) is 0 Å². The third-order valence-electron chi connectivity index (χ3n) is 5.74. The van der Waals surface area contributed by atoms with Crippen molar-refractivity contribution in [3.63, 3.8) is 0 Å². The van der Waals surface area contributed by atoms with Gasteiger partial charge in [-0.3, -0.25) is 9.59 Å². The van der Waals surface area contributed by atoms with Crippen molar-refractivity contribution < 1.29 is 9.59 Å². The molecule has 1 aliphatic carbocycles. The van der Waals surface area contributed by atoms with Gasteiger partial charge in [0.15, 0.2) is 0 Å². The molecule has 0 unspecified atom stereocenters. The van der Waals surface area contributed by atoms with Crippen molar-refractivity contribution in [2.24, 2.45) is 0 Å². The van der Waals surface area contributed by atoms with Crippen LogP contribution < -0.4 is 5.32 Å². The topological polar surface area (TPSA) is 49.4 Å². The molecule has 0 saturated heterocycles. The van der Waals surface area contributed by atoms with Crippen LogP contribution >= 0.6 is 34.8 Å². The van der Waals surface area contributed by atoms with Gasteiger partial charge in [-0.1, -0.05) is 78.8 Å². The van der Waals surface area contributed by atoms with Crippen LogP contribution in [-0.2, 0) is 22.6 Å². The van der Waals surface area contributed by atoms with Crippen molar-refractivity contribution in [3.8, 4) is 0 Å². The molecule has 4 nitrogen and oxygen atoms in total. The molecule has 2 aromatic carbocycles. The average Bonchev–Trinajstić information content (AvgIpc) is 3.24. The van der Waals surface area contributed by atoms with E-state index in [1.165, 1.54) is 0 Å². The molecule has 0 heterocycles. The van der Waals surface area contributed by atoms with Gasteiger partial charge in [-0.25, -0.2) is 0 Å². The van der Waals surface area contributed by atoms with Crippen LogP contribution in [0, 0.1) is 0 Å². The van der Waals surface area contributed by atoms with Crippen molar-refractivity contribution in [2.45, 2.75) is 64.1 Å². The molecule has 1 N–H and O–H groups in total. The van der Waals surface area contributed by atoms with Crippen LogP contribution in [0.1, 0.15) is 50.2 Å². The highest BCUT2D eigenvalue weighted by molar-refractivity contribution is 6.35. The Hall–Kier alpha value is -1.75. The van der Waals surface area contributed by atoms with Crippen molar-refractivity contribution in [3.05, 3.63) is 68.7 Å². The van der Waals surface area contributed by atoms with Gasteiger partial charge in [0, 0.05) is 27.7 Å². The second-order valence-corrected chi connectivity index (χ2v) is 9.19. The Morgan fingerprint density at radius 2 is 1.74 bits per heavy atom. The second-order valence-electron chi connectivity index (χ2n) is 7.94. The number of halogens is 3. The van der Waals surface area contributed by atoms with Crippen molar-refractivity contribution in [1.82, 2.24) is 10.2 Å². The molecule has 1 fully saturated rings. The highest BCUT2D eigenvalue weighted by Crippen LogP contribution is 2.25. The van der Waals surface area contributed by atoms with E-state index in [-0.39, 0.29) is 30.8 Å². The van der Waals surface area contributed by atoms with E-state index in [9.17, 15) is 9.59 Å². The Morgan fingerprint density at radius 1 is 1.03 bits per heavy atom. The lowest BCUT2D eigenvalue weighted by Gasteiger charge is -2.32. The molecule has 7 heteroatoms. The Labute approximate surface area is 198 Å². The van der Waals surface area contributed by atoms with Crippen LogP contribution in [0.4, 0.5) is 0 Å². The third kappa shape index (κ3) is 6.38. The molecule has 0 bridgehead atoms. The molecule has 1 saturated carbocycles. The summed E-state index contributed by atoms with van der Waals surface area (Å²) >= 11 is 18.7. The Morgan fingerprint density at radius 3 is 2.39 bits per heavy atom. The molecule has 166 valence electrons. The normalized spacial score (nSPS) is 15.0. The molecule has 1 atom stereocenters. The fraction of sp³-hybridized carbons (Fsp3) is 0.417. The number of carbonyl (C=O) groups excluding carboxylic acids is 2. The van der Waals surface area contributed by atoms with Gasteiger partial charge in [0.05, 0.1) is 6.42 Å². The lowest BCUT2D eigenvalue weighted by atomic mass is 10.1. The average molecular weight is 482 g/mol. The largest absolute Gasteiger partial charge is 0.352 e. The minimum absolute atomic E-state index is 0.0770. The first kappa shape index (κ1) is 23.9. The monoisotopic (exact) mass is 480 g/mol. The minimum Gasteiger partial charge on any atom is -0.352 e. The Kier molecular flexibility index (Phi) is 8.65. The van der Waals surface area contributed by atoms with Crippen LogP contribution in [0.15, 0.2) is 42.5 Å². The number of carbonyl (C=O) groups is 2. The summed E-state index contributed by atoms with van der Waals surface area (Å²) in [6, 6.07) is 12.0. The number of nitrogens with one attached hydrogen (secondary N) is 1. The van der Waals surface area contributed by atoms with E-state index in [2.05, 4.69) is 5.32 Å². The number of amides is 2. The van der Waals surface area contributed by atoms with Gasteiger partial charge in [0.25, 0.3) is 0 Å². The molecule has 0 spiro atoms. The molecule has 2 amide bonds. The van der Waals surface area contributed by atoms with Gasteiger partial charge in [0.2, 0.25) is 11.8 Å². The lowest BCUT2D eigenvalue weighted by molar-refractivity contribution is -0.141. The van der Waals surface area contributed by atoms with Crippen molar-refractivity contribution in [2.75, 3.05) is 0 Å². The van der Waals surface area contributed by atoms with E-state index in [0.29, 0.717) is 27.1 Å². The predicted molar refractivity (Wildman–Crippen MR) is 127 cm³/mol. The van der Waals surface area contributed by atoms with Crippen LogP contribution in [0.3, 0.4) is 0 Å². The predicted octanol–water partition coefficient (Wildman–Crippen LogP) is 6.06. The van der Waals surface area contributed by atoms with E-state index < -0.39 is 6.04 Å². The first-order valence-electron chi connectivity index (χ1n) is 10.7. The number of nitrogens with zero attached hydrogens (tertiary/aromatic N) is 1. The molecule has 31 heavy (non-hydrogen) atoms. The SMILES string of the molecule is CC[C@H](C(=O)NC1CCCC1)N(Cc1ccccc1Cl)C(=O)Cc1ccc(Cl)cc1Cl. The molecule has 0 radical (unpaired) electrons. The van der Waals surface area contributed by atoms with E-state index >= 15 is 0 Å². The van der Waals surface area contributed by atoms with Gasteiger partial charge >= 0.3 is 0 Å². The number of hydrogen-bond donors (Lipinski definition) is 1. The van der Waals surface area contributed by atoms with Gasteiger partial charge in [0.1, 0.15) is 6.04 Å². The minimum atomic E-state index is -0.588. The van der Waals surface area contributed by atoms with E-state index in [1.54, 1.807) is 29.2 Å². The molecule has 1 aliphatic rings. The highest BCUT2D eigenvalue weighted by Gasteiger charge is 2.31. The van der Waals surface area contributed by atoms with Gasteiger partial charge in [-0.15, -0.1) is 0 Å². The quantitative estimate of drug-likeness (QED) is 0.498. The molecule has 0 aliphatic heterocycles.